The number of aromatic amines is 1. The van der Waals surface area contributed by atoms with Gasteiger partial charge in [0.25, 0.3) is 5.91 Å². The SMILES string of the molecule is Cc1nc2c(s1)CN(C(=O)c1cc3cc(F)c(F)cc3[nH]1)CC2. The molecule has 0 atom stereocenters. The molecule has 23 heavy (non-hydrogen) atoms. The highest BCUT2D eigenvalue weighted by Gasteiger charge is 2.25. The van der Waals surface area contributed by atoms with Crippen LogP contribution < -0.4 is 0 Å². The van der Waals surface area contributed by atoms with Gasteiger partial charge in [0.15, 0.2) is 11.6 Å². The first-order valence-corrected chi connectivity index (χ1v) is 8.05. The third-order valence-corrected chi connectivity index (χ3v) is 5.02. The van der Waals surface area contributed by atoms with E-state index in [1.165, 1.54) is 0 Å². The predicted octanol–water partition coefficient (Wildman–Crippen LogP) is 3.41. The molecule has 0 bridgehead atoms. The van der Waals surface area contributed by atoms with E-state index in [0.29, 0.717) is 29.7 Å². The van der Waals surface area contributed by atoms with E-state index >= 15 is 0 Å². The lowest BCUT2D eigenvalue weighted by Crippen LogP contribution is -2.35. The van der Waals surface area contributed by atoms with Crippen LogP contribution in [0.1, 0.15) is 26.1 Å². The maximum Gasteiger partial charge on any atom is 0.270 e. The van der Waals surface area contributed by atoms with Gasteiger partial charge in [-0.25, -0.2) is 13.8 Å². The molecule has 4 rings (SSSR count). The molecule has 4 nitrogen and oxygen atoms in total. The summed E-state index contributed by atoms with van der Waals surface area (Å²) in [4.78, 5) is 22.8. The van der Waals surface area contributed by atoms with Gasteiger partial charge in [0, 0.05) is 34.8 Å². The molecule has 0 fully saturated rings. The highest BCUT2D eigenvalue weighted by molar-refractivity contribution is 7.11. The van der Waals surface area contributed by atoms with Crippen LogP contribution in [0.2, 0.25) is 0 Å². The first-order valence-electron chi connectivity index (χ1n) is 7.23. The minimum absolute atomic E-state index is 0.168. The van der Waals surface area contributed by atoms with Gasteiger partial charge in [0.1, 0.15) is 5.69 Å². The van der Waals surface area contributed by atoms with Crippen molar-refractivity contribution in [1.29, 1.82) is 0 Å². The summed E-state index contributed by atoms with van der Waals surface area (Å²) in [7, 11) is 0. The maximum atomic E-state index is 13.3. The highest BCUT2D eigenvalue weighted by atomic mass is 32.1. The summed E-state index contributed by atoms with van der Waals surface area (Å²) in [5, 5.41) is 1.49. The van der Waals surface area contributed by atoms with Crippen LogP contribution in [0, 0.1) is 18.6 Å². The van der Waals surface area contributed by atoms with Crippen LogP contribution in [0.3, 0.4) is 0 Å². The Morgan fingerprint density at radius 3 is 2.91 bits per heavy atom. The van der Waals surface area contributed by atoms with Crippen LogP contribution in [0.15, 0.2) is 18.2 Å². The molecule has 3 aromatic rings. The third kappa shape index (κ3) is 2.41. The van der Waals surface area contributed by atoms with E-state index < -0.39 is 11.6 Å². The number of halogens is 2. The molecule has 0 unspecified atom stereocenters. The van der Waals surface area contributed by atoms with Gasteiger partial charge < -0.3 is 9.88 Å². The van der Waals surface area contributed by atoms with Crippen LogP contribution in [0.25, 0.3) is 10.9 Å². The van der Waals surface area contributed by atoms with Crippen molar-refractivity contribution in [3.05, 3.63) is 51.1 Å². The number of rotatable bonds is 1. The number of aryl methyl sites for hydroxylation is 1. The molecule has 0 saturated heterocycles. The number of aromatic nitrogens is 2. The van der Waals surface area contributed by atoms with Crippen molar-refractivity contribution < 1.29 is 13.6 Å². The van der Waals surface area contributed by atoms with Gasteiger partial charge in [-0.3, -0.25) is 4.79 Å². The number of amides is 1. The average molecular weight is 333 g/mol. The molecule has 1 N–H and O–H groups in total. The van der Waals surface area contributed by atoms with Crippen molar-refractivity contribution in [3.63, 3.8) is 0 Å². The maximum absolute atomic E-state index is 13.3. The number of hydrogen-bond donors (Lipinski definition) is 1. The van der Waals surface area contributed by atoms with Crippen molar-refractivity contribution in [3.8, 4) is 0 Å². The molecular weight excluding hydrogens is 320 g/mol. The summed E-state index contributed by atoms with van der Waals surface area (Å²) >= 11 is 1.60. The van der Waals surface area contributed by atoms with Gasteiger partial charge >= 0.3 is 0 Å². The molecular formula is C16H13F2N3OS. The molecule has 7 heteroatoms. The highest BCUT2D eigenvalue weighted by Crippen LogP contribution is 2.26. The fraction of sp³-hybridized carbons (Fsp3) is 0.250. The third-order valence-electron chi connectivity index (χ3n) is 4.02. The largest absolute Gasteiger partial charge is 0.350 e. The summed E-state index contributed by atoms with van der Waals surface area (Å²) < 4.78 is 26.6. The number of hydrogen-bond acceptors (Lipinski definition) is 3. The molecule has 118 valence electrons. The van der Waals surface area contributed by atoms with Crippen molar-refractivity contribution in [2.45, 2.75) is 19.9 Å². The molecule has 1 amide bonds. The molecule has 1 aliphatic rings. The summed E-state index contributed by atoms with van der Waals surface area (Å²) in [6.45, 7) is 3.07. The second-order valence-electron chi connectivity index (χ2n) is 5.62. The minimum Gasteiger partial charge on any atom is -0.350 e. The lowest BCUT2D eigenvalue weighted by atomic mass is 10.1. The Balaban J connectivity index is 1.64. The van der Waals surface area contributed by atoms with E-state index in [2.05, 4.69) is 9.97 Å². The topological polar surface area (TPSA) is 49.0 Å². The molecule has 1 aliphatic heterocycles. The fourth-order valence-corrected chi connectivity index (χ4v) is 3.91. The smallest absolute Gasteiger partial charge is 0.270 e. The van der Waals surface area contributed by atoms with Crippen molar-refractivity contribution >= 4 is 28.1 Å². The van der Waals surface area contributed by atoms with Crippen LogP contribution >= 0.6 is 11.3 Å². The van der Waals surface area contributed by atoms with Crippen molar-refractivity contribution in [2.75, 3.05) is 6.54 Å². The Morgan fingerprint density at radius 1 is 1.30 bits per heavy atom. The summed E-state index contributed by atoms with van der Waals surface area (Å²) in [6, 6.07) is 3.73. The van der Waals surface area contributed by atoms with E-state index in [0.717, 1.165) is 34.1 Å². The average Bonchev–Trinajstić information content (AvgIpc) is 3.08. The van der Waals surface area contributed by atoms with Crippen molar-refractivity contribution in [2.24, 2.45) is 0 Å². The second kappa shape index (κ2) is 5.13. The van der Waals surface area contributed by atoms with Gasteiger partial charge in [0.2, 0.25) is 0 Å². The van der Waals surface area contributed by atoms with E-state index in [-0.39, 0.29) is 5.91 Å². The monoisotopic (exact) mass is 333 g/mol. The number of H-pyrrole nitrogens is 1. The van der Waals surface area contributed by atoms with E-state index in [9.17, 15) is 13.6 Å². The summed E-state index contributed by atoms with van der Waals surface area (Å²) in [5.74, 6) is -2.02. The number of carbonyl (C=O) groups is 1. The van der Waals surface area contributed by atoms with Gasteiger partial charge in [0.05, 0.1) is 17.2 Å². The zero-order chi connectivity index (χ0) is 16.1. The Kier molecular flexibility index (Phi) is 3.19. The number of thiazole rings is 1. The van der Waals surface area contributed by atoms with E-state index in [1.54, 1.807) is 22.3 Å². The number of carbonyl (C=O) groups excluding carboxylic acids is 1. The minimum atomic E-state index is -0.930. The molecule has 0 radical (unpaired) electrons. The Hall–Kier alpha value is -2.28. The molecule has 0 saturated carbocycles. The number of fused-ring (bicyclic) bond motifs is 2. The molecule has 1 aromatic carbocycles. The molecule has 0 aliphatic carbocycles. The normalized spacial score (nSPS) is 14.3. The van der Waals surface area contributed by atoms with Crippen LogP contribution in [-0.2, 0) is 13.0 Å². The lowest BCUT2D eigenvalue weighted by Gasteiger charge is -2.25. The Morgan fingerprint density at radius 2 is 2.09 bits per heavy atom. The number of nitrogens with one attached hydrogen (secondary N) is 1. The predicted molar refractivity (Wildman–Crippen MR) is 83.5 cm³/mol. The standard InChI is InChI=1S/C16H13F2N3OS/c1-8-19-12-2-3-21(7-15(12)23-8)16(22)14-5-9-4-10(17)11(18)6-13(9)20-14/h4-6,20H,2-3,7H2,1H3. The van der Waals surface area contributed by atoms with E-state index in [1.807, 2.05) is 6.92 Å². The zero-order valence-corrected chi connectivity index (χ0v) is 13.1. The Bertz CT molecular complexity index is 892. The molecule has 0 spiro atoms. The summed E-state index contributed by atoms with van der Waals surface area (Å²) in [6.07, 6.45) is 0.731. The van der Waals surface area contributed by atoms with Crippen molar-refractivity contribution in [1.82, 2.24) is 14.9 Å². The zero-order valence-electron chi connectivity index (χ0n) is 12.3. The first-order chi connectivity index (χ1) is 11.0. The van der Waals surface area contributed by atoms with Gasteiger partial charge in [-0.1, -0.05) is 0 Å². The second-order valence-corrected chi connectivity index (χ2v) is 6.90. The van der Waals surface area contributed by atoms with Crippen LogP contribution in [0.4, 0.5) is 8.78 Å². The quantitative estimate of drug-likeness (QED) is 0.742. The lowest BCUT2D eigenvalue weighted by molar-refractivity contribution is 0.0731. The van der Waals surface area contributed by atoms with E-state index in [4.69, 9.17) is 0 Å². The number of nitrogens with zero attached hydrogens (tertiary/aromatic N) is 2. The Labute approximate surface area is 134 Å². The summed E-state index contributed by atoms with van der Waals surface area (Å²) in [5.41, 5.74) is 1.82. The molecule has 2 aromatic heterocycles. The van der Waals surface area contributed by atoms with Crippen LogP contribution in [0.5, 0.6) is 0 Å². The number of benzene rings is 1. The van der Waals surface area contributed by atoms with Crippen LogP contribution in [-0.4, -0.2) is 27.3 Å². The fourth-order valence-electron chi connectivity index (χ4n) is 2.91. The molecule has 3 heterocycles. The first kappa shape index (κ1) is 14.3. The van der Waals surface area contributed by atoms with Gasteiger partial charge in [-0.2, -0.15) is 0 Å². The van der Waals surface area contributed by atoms with Gasteiger partial charge in [-0.05, 0) is 19.1 Å². The van der Waals surface area contributed by atoms with Gasteiger partial charge in [-0.15, -0.1) is 11.3 Å².